The van der Waals surface area contributed by atoms with E-state index in [1.54, 1.807) is 13.0 Å². The molecule has 160 valence electrons. The first kappa shape index (κ1) is 21.1. The van der Waals surface area contributed by atoms with Gasteiger partial charge in [0, 0.05) is 11.5 Å². The predicted octanol–water partition coefficient (Wildman–Crippen LogP) is 4.18. The van der Waals surface area contributed by atoms with Crippen molar-refractivity contribution in [2.24, 2.45) is 0 Å². The molecule has 0 saturated carbocycles. The molecule has 0 radical (unpaired) electrons. The van der Waals surface area contributed by atoms with E-state index in [2.05, 4.69) is 16.5 Å². The summed E-state index contributed by atoms with van der Waals surface area (Å²) in [6.07, 6.45) is 1.41. The van der Waals surface area contributed by atoms with Crippen LogP contribution in [0.5, 0.6) is 0 Å². The number of aryl methyl sites for hydroxylation is 3. The largest absolute Gasteiger partial charge is 0.308 e. The summed E-state index contributed by atoms with van der Waals surface area (Å²) in [6.45, 7) is 7.52. The molecule has 4 rings (SSSR count). The van der Waals surface area contributed by atoms with Gasteiger partial charge in [-0.25, -0.2) is 4.68 Å². The molecule has 0 fully saturated rings. The van der Waals surface area contributed by atoms with Crippen LogP contribution in [-0.4, -0.2) is 20.3 Å². The Kier molecular flexibility index (Phi) is 5.37. The van der Waals surface area contributed by atoms with Crippen molar-refractivity contribution in [3.63, 3.8) is 0 Å². The number of fused-ring (bicyclic) bond motifs is 1. The summed E-state index contributed by atoms with van der Waals surface area (Å²) in [4.78, 5) is 26.3. The topological polar surface area (TPSA) is 92.7 Å². The Balaban J connectivity index is 1.79. The number of hydrogen-bond acceptors (Lipinski definition) is 4. The number of benzene rings is 2. The number of nitriles is 1. The van der Waals surface area contributed by atoms with Crippen LogP contribution in [0.25, 0.3) is 16.6 Å². The highest BCUT2D eigenvalue weighted by Gasteiger charge is 2.23. The maximum atomic E-state index is 13.3. The number of carbonyl (C=O) groups is 1. The van der Waals surface area contributed by atoms with Gasteiger partial charge in [0.1, 0.15) is 17.7 Å². The fraction of sp³-hybridized carbons (Fsp3) is 0.200. The van der Waals surface area contributed by atoms with Crippen molar-refractivity contribution in [2.75, 3.05) is 5.32 Å². The van der Waals surface area contributed by atoms with Gasteiger partial charge in [-0.05, 0) is 57.0 Å². The lowest BCUT2D eigenvalue weighted by atomic mass is 10.0. The number of para-hydroxylation sites is 1. The van der Waals surface area contributed by atoms with Crippen molar-refractivity contribution in [3.05, 3.63) is 87.3 Å². The van der Waals surface area contributed by atoms with E-state index in [0.717, 1.165) is 27.6 Å². The van der Waals surface area contributed by atoms with Gasteiger partial charge in [0.05, 0.1) is 17.4 Å². The van der Waals surface area contributed by atoms with Crippen LogP contribution in [0.4, 0.5) is 5.82 Å². The minimum absolute atomic E-state index is 0.238. The zero-order valence-electron chi connectivity index (χ0n) is 18.4. The molecule has 0 aliphatic rings. The Hall–Kier alpha value is -4.18. The summed E-state index contributed by atoms with van der Waals surface area (Å²) in [5, 5.41) is 17.5. The third-order valence-electron chi connectivity index (χ3n) is 5.59. The molecule has 0 aliphatic carbocycles. The third-order valence-corrected chi connectivity index (χ3v) is 5.59. The molecule has 0 spiro atoms. The number of rotatable bonds is 4. The fourth-order valence-electron chi connectivity index (χ4n) is 4.06. The SMILES string of the molecule is Cc1cc(C)c2c(c1)c(C)cc(=O)n2C(C)C(=O)Nc1c(C#N)cnn1-c1ccccc1. The lowest BCUT2D eigenvalue weighted by Crippen LogP contribution is -2.32. The summed E-state index contributed by atoms with van der Waals surface area (Å²) >= 11 is 0. The molecule has 0 bridgehead atoms. The minimum atomic E-state index is -0.808. The van der Waals surface area contributed by atoms with Crippen molar-refractivity contribution in [3.8, 4) is 11.8 Å². The molecule has 7 heteroatoms. The standard InChI is InChI=1S/C25H23N5O2/c1-15-10-17(3)23-21(11-15)16(2)12-22(31)29(23)18(4)25(32)28-24-19(13-26)14-27-30(24)20-8-6-5-7-9-20/h5-12,14,18H,1-4H3,(H,28,32). The highest BCUT2D eigenvalue weighted by molar-refractivity contribution is 5.96. The van der Waals surface area contributed by atoms with E-state index in [1.807, 2.05) is 63.2 Å². The highest BCUT2D eigenvalue weighted by Crippen LogP contribution is 2.26. The molecule has 32 heavy (non-hydrogen) atoms. The first-order chi connectivity index (χ1) is 15.3. The molecule has 0 aliphatic heterocycles. The number of aromatic nitrogens is 3. The Bertz CT molecular complexity index is 1440. The van der Waals surface area contributed by atoms with E-state index in [-0.39, 0.29) is 16.9 Å². The monoisotopic (exact) mass is 425 g/mol. The predicted molar refractivity (Wildman–Crippen MR) is 124 cm³/mol. The van der Waals surface area contributed by atoms with Crippen molar-refractivity contribution < 1.29 is 4.79 Å². The van der Waals surface area contributed by atoms with Gasteiger partial charge in [-0.3, -0.25) is 14.2 Å². The smallest absolute Gasteiger partial charge is 0.252 e. The summed E-state index contributed by atoms with van der Waals surface area (Å²) < 4.78 is 3.02. The van der Waals surface area contributed by atoms with Crippen LogP contribution >= 0.6 is 0 Å². The van der Waals surface area contributed by atoms with Gasteiger partial charge in [-0.15, -0.1) is 0 Å². The second-order valence-corrected chi connectivity index (χ2v) is 7.94. The van der Waals surface area contributed by atoms with Gasteiger partial charge in [0.25, 0.3) is 5.56 Å². The number of amides is 1. The van der Waals surface area contributed by atoms with Gasteiger partial charge in [0.2, 0.25) is 5.91 Å². The number of carbonyl (C=O) groups excluding carboxylic acids is 1. The average molecular weight is 425 g/mol. The van der Waals surface area contributed by atoms with Crippen molar-refractivity contribution >= 4 is 22.6 Å². The lowest BCUT2D eigenvalue weighted by molar-refractivity contribution is -0.118. The van der Waals surface area contributed by atoms with Gasteiger partial charge in [-0.1, -0.05) is 29.8 Å². The molecular formula is C25H23N5O2. The molecule has 1 atom stereocenters. The first-order valence-corrected chi connectivity index (χ1v) is 10.3. The van der Waals surface area contributed by atoms with Crippen LogP contribution in [0, 0.1) is 32.1 Å². The van der Waals surface area contributed by atoms with Crippen LogP contribution < -0.4 is 10.9 Å². The molecular weight excluding hydrogens is 402 g/mol. The number of anilines is 1. The second kappa shape index (κ2) is 8.16. The maximum Gasteiger partial charge on any atom is 0.252 e. The summed E-state index contributed by atoms with van der Waals surface area (Å²) in [5.41, 5.74) is 4.32. The molecule has 7 nitrogen and oxygen atoms in total. The highest BCUT2D eigenvalue weighted by atomic mass is 16.2. The number of pyridine rings is 1. The van der Waals surface area contributed by atoms with Crippen molar-refractivity contribution in [1.82, 2.24) is 14.3 Å². The number of hydrogen-bond donors (Lipinski definition) is 1. The van der Waals surface area contributed by atoms with Crippen LogP contribution in [0.3, 0.4) is 0 Å². The van der Waals surface area contributed by atoms with Crippen molar-refractivity contribution in [1.29, 1.82) is 5.26 Å². The van der Waals surface area contributed by atoms with Gasteiger partial charge in [0.15, 0.2) is 5.82 Å². The van der Waals surface area contributed by atoms with E-state index in [0.29, 0.717) is 5.69 Å². The fourth-order valence-corrected chi connectivity index (χ4v) is 4.06. The maximum absolute atomic E-state index is 13.3. The second-order valence-electron chi connectivity index (χ2n) is 7.94. The van der Waals surface area contributed by atoms with Crippen LogP contribution in [-0.2, 0) is 4.79 Å². The zero-order valence-corrected chi connectivity index (χ0v) is 18.4. The summed E-state index contributed by atoms with van der Waals surface area (Å²) in [7, 11) is 0. The Labute approximate surface area is 185 Å². The van der Waals surface area contributed by atoms with E-state index < -0.39 is 11.9 Å². The Morgan fingerprint density at radius 2 is 1.81 bits per heavy atom. The zero-order chi connectivity index (χ0) is 23.0. The van der Waals surface area contributed by atoms with Crippen LogP contribution in [0.2, 0.25) is 0 Å². The minimum Gasteiger partial charge on any atom is -0.308 e. The van der Waals surface area contributed by atoms with Crippen LogP contribution in [0.15, 0.2) is 59.5 Å². The molecule has 1 N–H and O–H groups in total. The van der Waals surface area contributed by atoms with Gasteiger partial charge < -0.3 is 5.32 Å². The van der Waals surface area contributed by atoms with Crippen LogP contribution in [0.1, 0.15) is 35.2 Å². The van der Waals surface area contributed by atoms with E-state index in [4.69, 9.17) is 0 Å². The van der Waals surface area contributed by atoms with E-state index in [1.165, 1.54) is 15.4 Å². The Morgan fingerprint density at radius 3 is 2.50 bits per heavy atom. The van der Waals surface area contributed by atoms with Crippen molar-refractivity contribution in [2.45, 2.75) is 33.7 Å². The van der Waals surface area contributed by atoms with E-state index >= 15 is 0 Å². The third kappa shape index (κ3) is 3.56. The molecule has 2 aromatic carbocycles. The molecule has 4 aromatic rings. The summed E-state index contributed by atoms with van der Waals surface area (Å²) in [5.74, 6) is -0.140. The van der Waals surface area contributed by atoms with E-state index in [9.17, 15) is 14.9 Å². The number of nitrogens with zero attached hydrogens (tertiary/aromatic N) is 4. The quantitative estimate of drug-likeness (QED) is 0.531. The Morgan fingerprint density at radius 1 is 1.09 bits per heavy atom. The molecule has 2 heterocycles. The first-order valence-electron chi connectivity index (χ1n) is 10.3. The molecule has 1 amide bonds. The summed E-state index contributed by atoms with van der Waals surface area (Å²) in [6, 6.07) is 16.1. The number of nitrogens with one attached hydrogen (secondary N) is 1. The van der Waals surface area contributed by atoms with Gasteiger partial charge in [-0.2, -0.15) is 10.4 Å². The average Bonchev–Trinajstić information content (AvgIpc) is 3.17. The van der Waals surface area contributed by atoms with Gasteiger partial charge >= 0.3 is 0 Å². The molecule has 0 saturated heterocycles. The normalized spacial score (nSPS) is 11.8. The molecule has 1 unspecified atom stereocenters. The lowest BCUT2D eigenvalue weighted by Gasteiger charge is -2.21. The molecule has 2 aromatic heterocycles.